The minimum atomic E-state index is -0.547. The summed E-state index contributed by atoms with van der Waals surface area (Å²) in [6.45, 7) is 3.49. The van der Waals surface area contributed by atoms with E-state index < -0.39 is 11.0 Å². The molecule has 8 heteroatoms. The second kappa shape index (κ2) is 5.48. The van der Waals surface area contributed by atoms with Gasteiger partial charge in [-0.15, -0.1) is 0 Å². The molecule has 1 atom stereocenters. The number of carbonyl (C=O) groups is 1. The smallest absolute Gasteiger partial charge is 0.334 e. The molecule has 0 saturated heterocycles. The molecule has 20 heavy (non-hydrogen) atoms. The third-order valence-electron chi connectivity index (χ3n) is 3.28. The van der Waals surface area contributed by atoms with E-state index in [4.69, 9.17) is 0 Å². The van der Waals surface area contributed by atoms with E-state index in [2.05, 4.69) is 15.7 Å². The van der Waals surface area contributed by atoms with Gasteiger partial charge in [0.2, 0.25) is 11.7 Å². The van der Waals surface area contributed by atoms with Crippen LogP contribution in [-0.4, -0.2) is 32.7 Å². The van der Waals surface area contributed by atoms with E-state index >= 15 is 0 Å². The van der Waals surface area contributed by atoms with Crippen LogP contribution in [0.2, 0.25) is 0 Å². The Morgan fingerprint density at radius 3 is 2.75 bits per heavy atom. The molecule has 1 fully saturated rings. The van der Waals surface area contributed by atoms with Crippen LogP contribution in [0.4, 0.5) is 11.5 Å². The molecule has 1 amide bonds. The van der Waals surface area contributed by atoms with Gasteiger partial charge in [0.05, 0.1) is 4.92 Å². The topological polar surface area (TPSA) is 102 Å². The number of hydrogen-bond acceptors (Lipinski definition) is 5. The van der Waals surface area contributed by atoms with Gasteiger partial charge in [0.25, 0.3) is 0 Å². The normalized spacial score (nSPS) is 15.8. The molecule has 1 aromatic rings. The molecule has 0 aromatic carbocycles. The predicted octanol–water partition coefficient (Wildman–Crippen LogP) is 0.970. The quantitative estimate of drug-likeness (QED) is 0.597. The summed E-state index contributed by atoms with van der Waals surface area (Å²) in [5.41, 5.74) is 0.357. The molecule has 1 aliphatic rings. The van der Waals surface area contributed by atoms with E-state index in [0.29, 0.717) is 12.1 Å². The third-order valence-corrected chi connectivity index (χ3v) is 3.28. The number of aryl methyl sites for hydroxylation is 2. The minimum Gasteiger partial charge on any atom is -0.353 e. The standard InChI is InChI=1S/C12H19N5O3/c1-4-9-10(17(19)20)11(16(3)15-9)13-7(2)12(18)14-8-5-6-8/h7-8,13H,4-6H2,1-3H3,(H,14,18). The molecule has 2 N–H and O–H groups in total. The molecule has 8 nitrogen and oxygen atoms in total. The number of aromatic nitrogens is 2. The molecule has 1 aromatic heterocycles. The van der Waals surface area contributed by atoms with Gasteiger partial charge in [-0.1, -0.05) is 6.92 Å². The lowest BCUT2D eigenvalue weighted by atomic mass is 10.2. The first-order valence-corrected chi connectivity index (χ1v) is 6.71. The average Bonchev–Trinajstić information content (AvgIpc) is 3.13. The Morgan fingerprint density at radius 2 is 2.25 bits per heavy atom. The highest BCUT2D eigenvalue weighted by atomic mass is 16.6. The summed E-state index contributed by atoms with van der Waals surface area (Å²) >= 11 is 0. The van der Waals surface area contributed by atoms with Crippen molar-refractivity contribution in [2.24, 2.45) is 7.05 Å². The van der Waals surface area contributed by atoms with Gasteiger partial charge in [-0.25, -0.2) is 4.68 Å². The van der Waals surface area contributed by atoms with E-state index in [-0.39, 0.29) is 23.5 Å². The number of nitrogens with zero attached hydrogens (tertiary/aromatic N) is 3. The molecule has 0 bridgehead atoms. The van der Waals surface area contributed by atoms with Gasteiger partial charge in [-0.05, 0) is 26.2 Å². The van der Waals surface area contributed by atoms with Gasteiger partial charge in [-0.3, -0.25) is 14.9 Å². The highest BCUT2D eigenvalue weighted by Crippen LogP contribution is 2.29. The van der Waals surface area contributed by atoms with Crippen molar-refractivity contribution < 1.29 is 9.72 Å². The summed E-state index contributed by atoms with van der Waals surface area (Å²) in [4.78, 5) is 22.6. The molecule has 0 spiro atoms. The van der Waals surface area contributed by atoms with E-state index in [0.717, 1.165) is 12.8 Å². The number of amides is 1. The highest BCUT2D eigenvalue weighted by Gasteiger charge is 2.30. The number of anilines is 1. The molecule has 1 aliphatic carbocycles. The fraction of sp³-hybridized carbons (Fsp3) is 0.667. The van der Waals surface area contributed by atoms with Crippen molar-refractivity contribution in [1.82, 2.24) is 15.1 Å². The van der Waals surface area contributed by atoms with Crippen LogP contribution in [0.3, 0.4) is 0 Å². The monoisotopic (exact) mass is 281 g/mol. The van der Waals surface area contributed by atoms with Gasteiger partial charge in [0.15, 0.2) is 0 Å². The second-order valence-corrected chi connectivity index (χ2v) is 5.03. The maximum atomic E-state index is 11.9. The number of nitrogens with one attached hydrogen (secondary N) is 2. The average molecular weight is 281 g/mol. The molecule has 0 aliphatic heterocycles. The van der Waals surface area contributed by atoms with Gasteiger partial charge >= 0.3 is 5.69 Å². The molecular weight excluding hydrogens is 262 g/mol. The lowest BCUT2D eigenvalue weighted by Gasteiger charge is -2.14. The van der Waals surface area contributed by atoms with Crippen molar-refractivity contribution >= 4 is 17.4 Å². The van der Waals surface area contributed by atoms with E-state index in [1.165, 1.54) is 4.68 Å². The molecule has 0 radical (unpaired) electrons. The SMILES string of the molecule is CCc1nn(C)c(NC(C)C(=O)NC2CC2)c1[N+](=O)[O-]. The summed E-state index contributed by atoms with van der Waals surface area (Å²) in [5.74, 6) is 0.117. The Hall–Kier alpha value is -2.12. The fourth-order valence-electron chi connectivity index (χ4n) is 1.98. The highest BCUT2D eigenvalue weighted by molar-refractivity contribution is 5.85. The summed E-state index contributed by atoms with van der Waals surface area (Å²) in [6.07, 6.45) is 2.48. The first-order valence-electron chi connectivity index (χ1n) is 6.71. The largest absolute Gasteiger partial charge is 0.353 e. The third kappa shape index (κ3) is 2.89. The van der Waals surface area contributed by atoms with Crippen molar-refractivity contribution in [2.75, 3.05) is 5.32 Å². The zero-order chi connectivity index (χ0) is 14.9. The van der Waals surface area contributed by atoms with Crippen LogP contribution in [-0.2, 0) is 18.3 Å². The summed E-state index contributed by atoms with van der Waals surface area (Å²) < 4.78 is 1.41. The van der Waals surface area contributed by atoms with Gasteiger partial charge in [0.1, 0.15) is 11.7 Å². The van der Waals surface area contributed by atoms with Gasteiger partial charge in [0, 0.05) is 13.1 Å². The Labute approximate surface area is 116 Å². The lowest BCUT2D eigenvalue weighted by Crippen LogP contribution is -2.39. The molecule has 110 valence electrons. The predicted molar refractivity (Wildman–Crippen MR) is 73.5 cm³/mol. The summed E-state index contributed by atoms with van der Waals surface area (Å²) in [6, 6.07) is -0.283. The Bertz CT molecular complexity index is 535. The van der Waals surface area contributed by atoms with E-state index in [9.17, 15) is 14.9 Å². The van der Waals surface area contributed by atoms with Crippen molar-refractivity contribution in [3.05, 3.63) is 15.8 Å². The first kappa shape index (κ1) is 14.3. The zero-order valence-electron chi connectivity index (χ0n) is 11.8. The van der Waals surface area contributed by atoms with Crippen LogP contribution in [0.15, 0.2) is 0 Å². The minimum absolute atomic E-state index is 0.0546. The van der Waals surface area contributed by atoms with Crippen LogP contribution >= 0.6 is 0 Å². The number of nitro groups is 1. The van der Waals surface area contributed by atoms with Crippen LogP contribution in [0.25, 0.3) is 0 Å². The maximum absolute atomic E-state index is 11.9. The molecule has 1 unspecified atom stereocenters. The van der Waals surface area contributed by atoms with Gasteiger partial charge < -0.3 is 10.6 Å². The molecular formula is C12H19N5O3. The maximum Gasteiger partial charge on any atom is 0.334 e. The van der Waals surface area contributed by atoms with Crippen molar-refractivity contribution in [3.63, 3.8) is 0 Å². The molecule has 1 heterocycles. The zero-order valence-corrected chi connectivity index (χ0v) is 11.8. The van der Waals surface area contributed by atoms with E-state index in [1.54, 1.807) is 14.0 Å². The van der Waals surface area contributed by atoms with E-state index in [1.807, 2.05) is 6.92 Å². The number of rotatable bonds is 6. The second-order valence-electron chi connectivity index (χ2n) is 5.03. The summed E-state index contributed by atoms with van der Waals surface area (Å²) in [7, 11) is 1.63. The Kier molecular flexibility index (Phi) is 3.91. The summed E-state index contributed by atoms with van der Waals surface area (Å²) in [5, 5.41) is 21.0. The molecule has 1 saturated carbocycles. The van der Waals surface area contributed by atoms with Crippen LogP contribution in [0, 0.1) is 10.1 Å². The lowest BCUT2D eigenvalue weighted by molar-refractivity contribution is -0.384. The Balaban J connectivity index is 2.16. The first-order chi connectivity index (χ1) is 9.43. The fourth-order valence-corrected chi connectivity index (χ4v) is 1.98. The van der Waals surface area contributed by atoms with Crippen molar-refractivity contribution in [2.45, 2.75) is 45.2 Å². The van der Waals surface area contributed by atoms with Gasteiger partial charge in [-0.2, -0.15) is 5.10 Å². The Morgan fingerprint density at radius 1 is 1.60 bits per heavy atom. The number of carbonyl (C=O) groups excluding carboxylic acids is 1. The molecule has 2 rings (SSSR count). The van der Waals surface area contributed by atoms with Crippen molar-refractivity contribution in [1.29, 1.82) is 0 Å². The van der Waals surface area contributed by atoms with Crippen LogP contribution in [0.1, 0.15) is 32.4 Å². The van der Waals surface area contributed by atoms with Crippen LogP contribution in [0.5, 0.6) is 0 Å². The van der Waals surface area contributed by atoms with Crippen LogP contribution < -0.4 is 10.6 Å². The van der Waals surface area contributed by atoms with Crippen molar-refractivity contribution in [3.8, 4) is 0 Å². The number of hydrogen-bond donors (Lipinski definition) is 2.